The third kappa shape index (κ3) is 3.42. The van der Waals surface area contributed by atoms with Gasteiger partial charge in [0.05, 0.1) is 11.8 Å². The molecule has 0 fully saturated rings. The molecule has 4 rings (SSSR count). The van der Waals surface area contributed by atoms with E-state index in [4.69, 9.17) is 4.42 Å². The number of aromatic nitrogens is 5. The average Bonchev–Trinajstić information content (AvgIpc) is 3.18. The van der Waals surface area contributed by atoms with E-state index >= 15 is 0 Å². The van der Waals surface area contributed by atoms with E-state index in [2.05, 4.69) is 51.8 Å². The summed E-state index contributed by atoms with van der Waals surface area (Å²) in [5.41, 5.74) is 5.72. The molecule has 0 saturated heterocycles. The number of aromatic amines is 1. The van der Waals surface area contributed by atoms with E-state index in [9.17, 15) is 0 Å². The Balaban J connectivity index is 0.000000143. The molecule has 0 atom stereocenters. The number of pyridine rings is 2. The van der Waals surface area contributed by atoms with E-state index in [1.807, 2.05) is 25.4 Å². The lowest BCUT2D eigenvalue weighted by Crippen LogP contribution is -1.88. The monoisotopic (exact) mass is 323 g/mol. The fourth-order valence-corrected chi connectivity index (χ4v) is 2.33. The van der Waals surface area contributed by atoms with Crippen LogP contribution in [0.5, 0.6) is 0 Å². The minimum absolute atomic E-state index is 0.480. The van der Waals surface area contributed by atoms with Gasteiger partial charge in [0.2, 0.25) is 5.71 Å². The van der Waals surface area contributed by atoms with Crippen molar-refractivity contribution in [3.63, 3.8) is 0 Å². The molecule has 0 aliphatic carbocycles. The molecule has 0 radical (unpaired) electrons. The predicted octanol–water partition coefficient (Wildman–Crippen LogP) is 4.17. The molecule has 6 nitrogen and oxygen atoms in total. The zero-order chi connectivity index (χ0) is 17.1. The summed E-state index contributed by atoms with van der Waals surface area (Å²) in [6.45, 7) is 8.21. The lowest BCUT2D eigenvalue weighted by molar-refractivity contribution is 0.551. The van der Waals surface area contributed by atoms with Crippen molar-refractivity contribution in [3.8, 4) is 0 Å². The average molecular weight is 323 g/mol. The van der Waals surface area contributed by atoms with Crippen molar-refractivity contribution >= 4 is 22.4 Å². The third-order valence-corrected chi connectivity index (χ3v) is 3.78. The topological polar surface area (TPSA) is 80.5 Å². The predicted molar refractivity (Wildman–Crippen MR) is 93.9 cm³/mol. The maximum atomic E-state index is 5.28. The molecule has 0 aliphatic heterocycles. The number of H-pyrrole nitrogens is 1. The summed E-state index contributed by atoms with van der Waals surface area (Å²) in [5.74, 6) is 1.15. The first-order valence-electron chi connectivity index (χ1n) is 8.08. The van der Waals surface area contributed by atoms with Gasteiger partial charge in [-0.05, 0) is 35.6 Å². The van der Waals surface area contributed by atoms with E-state index in [0.717, 1.165) is 23.1 Å². The van der Waals surface area contributed by atoms with Gasteiger partial charge < -0.3 is 9.40 Å². The summed E-state index contributed by atoms with van der Waals surface area (Å²) < 4.78 is 5.28. The van der Waals surface area contributed by atoms with Crippen LogP contribution in [0.1, 0.15) is 43.7 Å². The molecule has 1 N–H and O–H groups in total. The molecular weight excluding hydrogens is 302 g/mol. The van der Waals surface area contributed by atoms with E-state index in [-0.39, 0.29) is 0 Å². The quantitative estimate of drug-likeness (QED) is 0.598. The minimum atomic E-state index is 0.480. The molecule has 24 heavy (non-hydrogen) atoms. The van der Waals surface area contributed by atoms with Gasteiger partial charge in [-0.1, -0.05) is 20.8 Å². The van der Waals surface area contributed by atoms with E-state index in [1.54, 1.807) is 6.33 Å². The molecule has 0 spiro atoms. The summed E-state index contributed by atoms with van der Waals surface area (Å²) in [4.78, 5) is 19.6. The van der Waals surface area contributed by atoms with E-state index < -0.39 is 0 Å². The van der Waals surface area contributed by atoms with Crippen LogP contribution in [0.3, 0.4) is 0 Å². The Morgan fingerprint density at radius 3 is 2.71 bits per heavy atom. The van der Waals surface area contributed by atoms with Gasteiger partial charge in [-0.25, -0.2) is 19.9 Å². The molecule has 4 aromatic rings. The Hall–Kier alpha value is -2.76. The number of aryl methyl sites for hydroxylation is 2. The Labute approximate surface area is 140 Å². The summed E-state index contributed by atoms with van der Waals surface area (Å²) in [6.07, 6.45) is 6.39. The van der Waals surface area contributed by atoms with Crippen LogP contribution in [0, 0.1) is 6.92 Å². The second-order valence-corrected chi connectivity index (χ2v) is 5.95. The normalized spacial score (nSPS) is 11.0. The lowest BCUT2D eigenvalue weighted by atomic mass is 10.1. The van der Waals surface area contributed by atoms with Crippen molar-refractivity contribution in [1.82, 2.24) is 24.9 Å². The number of nitrogens with zero attached hydrogens (tertiary/aromatic N) is 4. The Morgan fingerprint density at radius 2 is 1.96 bits per heavy atom. The molecule has 0 unspecified atom stereocenters. The molecule has 0 amide bonds. The number of fused-ring (bicyclic) bond motifs is 2. The Bertz CT molecular complexity index is 954. The maximum Gasteiger partial charge on any atom is 0.246 e. The zero-order valence-electron chi connectivity index (χ0n) is 14.4. The largest absolute Gasteiger partial charge is 0.423 e. The number of rotatable bonds is 2. The fourth-order valence-electron chi connectivity index (χ4n) is 2.33. The van der Waals surface area contributed by atoms with Gasteiger partial charge in [-0.15, -0.1) is 0 Å². The van der Waals surface area contributed by atoms with Crippen LogP contribution in [-0.2, 0) is 6.42 Å². The van der Waals surface area contributed by atoms with Crippen molar-refractivity contribution in [3.05, 3.63) is 47.9 Å². The Kier molecular flexibility index (Phi) is 4.55. The first kappa shape index (κ1) is 16.1. The molecule has 4 aromatic heterocycles. The van der Waals surface area contributed by atoms with Crippen LogP contribution in [0.4, 0.5) is 0 Å². The van der Waals surface area contributed by atoms with Gasteiger partial charge in [0.25, 0.3) is 0 Å². The van der Waals surface area contributed by atoms with Gasteiger partial charge in [-0.3, -0.25) is 0 Å². The van der Waals surface area contributed by atoms with Crippen molar-refractivity contribution in [2.24, 2.45) is 0 Å². The number of nitrogens with one attached hydrogen (secondary N) is 1. The molecule has 4 heterocycles. The molecule has 0 aromatic carbocycles. The highest BCUT2D eigenvalue weighted by Crippen LogP contribution is 2.19. The first-order valence-corrected chi connectivity index (χ1v) is 8.08. The van der Waals surface area contributed by atoms with Crippen molar-refractivity contribution < 1.29 is 4.42 Å². The van der Waals surface area contributed by atoms with Crippen LogP contribution in [-0.4, -0.2) is 24.9 Å². The third-order valence-electron chi connectivity index (χ3n) is 3.78. The van der Waals surface area contributed by atoms with E-state index in [0.29, 0.717) is 17.5 Å². The summed E-state index contributed by atoms with van der Waals surface area (Å²) in [7, 11) is 0. The lowest BCUT2D eigenvalue weighted by Gasteiger charge is -2.01. The summed E-state index contributed by atoms with van der Waals surface area (Å²) in [5, 5.41) is 0. The van der Waals surface area contributed by atoms with Gasteiger partial charge in [-0.2, -0.15) is 0 Å². The molecular formula is C18H21N5O. The van der Waals surface area contributed by atoms with Crippen LogP contribution in [0.25, 0.3) is 22.4 Å². The summed E-state index contributed by atoms with van der Waals surface area (Å²) >= 11 is 0. The highest BCUT2D eigenvalue weighted by molar-refractivity contribution is 5.70. The van der Waals surface area contributed by atoms with Gasteiger partial charge in [0.1, 0.15) is 5.52 Å². The number of oxazole rings is 1. The zero-order valence-corrected chi connectivity index (χ0v) is 14.4. The molecule has 6 heteroatoms. The van der Waals surface area contributed by atoms with Gasteiger partial charge >= 0.3 is 0 Å². The highest BCUT2D eigenvalue weighted by Gasteiger charge is 2.06. The number of hydrogen-bond donors (Lipinski definition) is 1. The molecule has 0 saturated carbocycles. The number of imidazole rings is 1. The fraction of sp³-hybridized carbons (Fsp3) is 0.333. The molecule has 124 valence electrons. The van der Waals surface area contributed by atoms with Gasteiger partial charge in [0.15, 0.2) is 11.5 Å². The first-order chi connectivity index (χ1) is 11.6. The standard InChI is InChI=1S/C10H12N2O.C8H9N3/c1-6(2)8-4-9-10(11-5-8)13-7(3)12-9;1-2-6-3-7-8(9-4-6)11-5-10-7/h4-6H,1-3H3;3-5H,2H2,1H3,(H,9,10,11). The van der Waals surface area contributed by atoms with Crippen LogP contribution >= 0.6 is 0 Å². The smallest absolute Gasteiger partial charge is 0.246 e. The SMILES string of the molecule is CCc1cnc2nc[nH]c2c1.Cc1nc2cc(C(C)C)cnc2o1. The maximum absolute atomic E-state index is 5.28. The number of hydrogen-bond acceptors (Lipinski definition) is 5. The van der Waals surface area contributed by atoms with E-state index in [1.165, 1.54) is 11.1 Å². The van der Waals surface area contributed by atoms with Crippen LogP contribution in [0.15, 0.2) is 35.3 Å². The van der Waals surface area contributed by atoms with Crippen LogP contribution < -0.4 is 0 Å². The molecule has 0 bridgehead atoms. The highest BCUT2D eigenvalue weighted by atomic mass is 16.4. The van der Waals surface area contributed by atoms with Crippen molar-refractivity contribution in [1.29, 1.82) is 0 Å². The van der Waals surface area contributed by atoms with Crippen molar-refractivity contribution in [2.45, 2.75) is 40.0 Å². The second-order valence-electron chi connectivity index (χ2n) is 5.95. The molecule has 0 aliphatic rings. The Morgan fingerprint density at radius 1 is 1.12 bits per heavy atom. The summed E-state index contributed by atoms with van der Waals surface area (Å²) in [6, 6.07) is 4.11. The van der Waals surface area contributed by atoms with Crippen molar-refractivity contribution in [2.75, 3.05) is 0 Å². The minimum Gasteiger partial charge on any atom is -0.423 e. The van der Waals surface area contributed by atoms with Crippen LogP contribution in [0.2, 0.25) is 0 Å². The second kappa shape index (κ2) is 6.78. The van der Waals surface area contributed by atoms with Gasteiger partial charge in [0, 0.05) is 19.3 Å².